The molecule has 0 N–H and O–H groups in total. The van der Waals surface area contributed by atoms with Crippen molar-refractivity contribution < 1.29 is 9.72 Å². The predicted molar refractivity (Wildman–Crippen MR) is 80.6 cm³/mol. The number of hydrogen-bond donors (Lipinski definition) is 0. The fourth-order valence-electron chi connectivity index (χ4n) is 3.52. The van der Waals surface area contributed by atoms with Crippen LogP contribution in [0.25, 0.3) is 0 Å². The van der Waals surface area contributed by atoms with Crippen molar-refractivity contribution in [3.63, 3.8) is 0 Å². The van der Waals surface area contributed by atoms with Gasteiger partial charge >= 0.3 is 0 Å². The van der Waals surface area contributed by atoms with Gasteiger partial charge in [0.1, 0.15) is 0 Å². The number of rotatable bonds is 4. The zero-order chi connectivity index (χ0) is 15.0. The summed E-state index contributed by atoms with van der Waals surface area (Å²) in [5.41, 5.74) is 1.95. The van der Waals surface area contributed by atoms with Gasteiger partial charge in [-0.05, 0) is 48.3 Å². The van der Waals surface area contributed by atoms with E-state index in [2.05, 4.69) is 0 Å². The van der Waals surface area contributed by atoms with Gasteiger partial charge in [0.25, 0.3) is 5.69 Å². The van der Waals surface area contributed by atoms with Gasteiger partial charge in [0.15, 0.2) is 0 Å². The minimum absolute atomic E-state index is 0.0640. The molecule has 0 bridgehead atoms. The Morgan fingerprint density at radius 2 is 1.95 bits per heavy atom. The summed E-state index contributed by atoms with van der Waals surface area (Å²) in [7, 11) is 0. The first kappa shape index (κ1) is 14.5. The van der Waals surface area contributed by atoms with E-state index >= 15 is 0 Å². The summed E-state index contributed by atoms with van der Waals surface area (Å²) in [6.45, 7) is 0. The first-order valence-corrected chi connectivity index (χ1v) is 7.93. The lowest BCUT2D eigenvalue weighted by atomic mass is 9.83. The molecule has 2 unspecified atom stereocenters. The fraction of sp³-hybridized carbons (Fsp3) is 0.562. The first-order chi connectivity index (χ1) is 10.1. The van der Waals surface area contributed by atoms with Crippen LogP contribution in [-0.2, 0) is 4.79 Å². The number of benzene rings is 1. The van der Waals surface area contributed by atoms with Gasteiger partial charge in [-0.25, -0.2) is 0 Å². The number of nitro groups is 1. The summed E-state index contributed by atoms with van der Waals surface area (Å²) in [5.74, 6) is 0.207. The molecule has 1 aromatic rings. The maximum absolute atomic E-state index is 11.4. The minimum Gasteiger partial charge on any atom is -0.281 e. The second kappa shape index (κ2) is 5.76. The molecule has 2 fully saturated rings. The molecule has 2 saturated carbocycles. The van der Waals surface area contributed by atoms with E-state index in [9.17, 15) is 14.9 Å². The summed E-state index contributed by atoms with van der Waals surface area (Å²) in [5, 5.41) is 11.1. The highest BCUT2D eigenvalue weighted by Gasteiger charge is 2.43. The number of carbonyl (C=O) groups is 1. The van der Waals surface area contributed by atoms with Crippen LogP contribution in [0, 0.1) is 16.0 Å². The van der Waals surface area contributed by atoms with Gasteiger partial charge in [0.05, 0.1) is 4.92 Å². The highest BCUT2D eigenvalue weighted by atomic mass is 35.5. The largest absolute Gasteiger partial charge is 0.281 e. The Bertz CT molecular complexity index is 581. The monoisotopic (exact) mass is 307 g/mol. The summed E-state index contributed by atoms with van der Waals surface area (Å²) in [4.78, 5) is 22.3. The molecule has 0 radical (unpaired) electrons. The molecule has 2 atom stereocenters. The van der Waals surface area contributed by atoms with Crippen molar-refractivity contribution in [2.45, 2.75) is 50.4 Å². The van der Waals surface area contributed by atoms with E-state index in [4.69, 9.17) is 11.6 Å². The second-order valence-corrected chi connectivity index (χ2v) is 6.54. The van der Waals surface area contributed by atoms with Crippen LogP contribution in [0.2, 0.25) is 0 Å². The molecule has 2 aliphatic rings. The van der Waals surface area contributed by atoms with E-state index in [-0.39, 0.29) is 27.7 Å². The lowest BCUT2D eigenvalue weighted by molar-refractivity contribution is -0.385. The van der Waals surface area contributed by atoms with Crippen molar-refractivity contribution in [2.24, 2.45) is 5.92 Å². The highest BCUT2D eigenvalue weighted by Crippen LogP contribution is 2.50. The van der Waals surface area contributed by atoms with Crippen molar-refractivity contribution in [2.75, 3.05) is 0 Å². The van der Waals surface area contributed by atoms with Gasteiger partial charge in [0.2, 0.25) is 5.24 Å². The van der Waals surface area contributed by atoms with Crippen LogP contribution >= 0.6 is 11.6 Å². The van der Waals surface area contributed by atoms with Crippen LogP contribution in [0.5, 0.6) is 0 Å². The van der Waals surface area contributed by atoms with E-state index in [0.29, 0.717) is 12.3 Å². The topological polar surface area (TPSA) is 60.2 Å². The number of nitro benzene ring substituents is 1. The molecule has 0 saturated heterocycles. The van der Waals surface area contributed by atoms with Gasteiger partial charge < -0.3 is 0 Å². The maximum Gasteiger partial charge on any atom is 0.273 e. The van der Waals surface area contributed by atoms with Gasteiger partial charge in [0, 0.05) is 17.5 Å². The van der Waals surface area contributed by atoms with Crippen LogP contribution in [-0.4, -0.2) is 10.2 Å². The Morgan fingerprint density at radius 3 is 2.52 bits per heavy atom. The van der Waals surface area contributed by atoms with Crippen molar-refractivity contribution >= 4 is 22.5 Å². The number of hydrogen-bond acceptors (Lipinski definition) is 3. The van der Waals surface area contributed by atoms with E-state index in [1.165, 1.54) is 6.42 Å². The normalized spacial score (nSPS) is 25.6. The van der Waals surface area contributed by atoms with Crippen molar-refractivity contribution in [3.05, 3.63) is 39.4 Å². The van der Waals surface area contributed by atoms with Crippen molar-refractivity contribution in [1.82, 2.24) is 0 Å². The van der Waals surface area contributed by atoms with Gasteiger partial charge in [-0.3, -0.25) is 14.9 Å². The summed E-state index contributed by atoms with van der Waals surface area (Å²) >= 11 is 5.50. The molecule has 5 heteroatoms. The van der Waals surface area contributed by atoms with Gasteiger partial charge in [-0.1, -0.05) is 31.4 Å². The molecule has 112 valence electrons. The molecule has 4 nitrogen and oxygen atoms in total. The van der Waals surface area contributed by atoms with Crippen molar-refractivity contribution in [1.29, 1.82) is 0 Å². The molecular weight excluding hydrogens is 290 g/mol. The smallest absolute Gasteiger partial charge is 0.273 e. The molecule has 21 heavy (non-hydrogen) atoms. The van der Waals surface area contributed by atoms with E-state index < -0.39 is 0 Å². The molecule has 0 amide bonds. The van der Waals surface area contributed by atoms with Crippen LogP contribution in [0.1, 0.15) is 61.5 Å². The third-order valence-electron chi connectivity index (χ3n) is 4.81. The highest BCUT2D eigenvalue weighted by molar-refractivity contribution is 6.64. The average molecular weight is 308 g/mol. The minimum atomic E-state index is -0.334. The van der Waals surface area contributed by atoms with Gasteiger partial charge in [-0.2, -0.15) is 0 Å². The van der Waals surface area contributed by atoms with E-state index in [0.717, 1.165) is 36.8 Å². The Hall–Kier alpha value is -1.42. The van der Waals surface area contributed by atoms with Crippen LogP contribution in [0.15, 0.2) is 18.2 Å². The molecule has 3 rings (SSSR count). The Kier molecular flexibility index (Phi) is 3.98. The maximum atomic E-state index is 11.4. The third kappa shape index (κ3) is 2.95. The molecule has 2 aliphatic carbocycles. The molecular formula is C16H18ClNO3. The van der Waals surface area contributed by atoms with Crippen LogP contribution in [0.4, 0.5) is 5.69 Å². The zero-order valence-electron chi connectivity index (χ0n) is 11.8. The zero-order valence-corrected chi connectivity index (χ0v) is 12.5. The molecule has 0 aromatic heterocycles. The first-order valence-electron chi connectivity index (χ1n) is 7.55. The molecule has 0 spiro atoms. The Balaban J connectivity index is 1.88. The summed E-state index contributed by atoms with van der Waals surface area (Å²) in [6, 6.07) is 5.51. The quantitative estimate of drug-likeness (QED) is 0.467. The Labute approximate surface area is 128 Å². The lowest BCUT2D eigenvalue weighted by Gasteiger charge is -2.22. The summed E-state index contributed by atoms with van der Waals surface area (Å²) < 4.78 is 0. The second-order valence-electron chi connectivity index (χ2n) is 6.16. The average Bonchev–Trinajstić information content (AvgIpc) is 3.28. The van der Waals surface area contributed by atoms with Crippen molar-refractivity contribution in [3.8, 4) is 0 Å². The third-order valence-corrected chi connectivity index (χ3v) is 5.09. The molecule has 0 aliphatic heterocycles. The number of halogens is 1. The fourth-order valence-corrected chi connectivity index (χ4v) is 3.76. The van der Waals surface area contributed by atoms with Crippen LogP contribution < -0.4 is 0 Å². The standard InChI is InChI=1S/C16H18ClNO3/c17-16(19)14-9-13(14)11-6-7-12(15(8-11)18(20)21)10-4-2-1-3-5-10/h6-8,10,13-14H,1-5,9H2. The SMILES string of the molecule is O=C(Cl)C1CC1c1ccc(C2CCCCC2)c([N+](=O)[O-])c1. The van der Waals surface area contributed by atoms with Crippen LogP contribution in [0.3, 0.4) is 0 Å². The summed E-state index contributed by atoms with van der Waals surface area (Å²) in [6.07, 6.45) is 6.30. The van der Waals surface area contributed by atoms with E-state index in [1.54, 1.807) is 6.07 Å². The number of nitrogens with zero attached hydrogens (tertiary/aromatic N) is 1. The lowest BCUT2D eigenvalue weighted by Crippen LogP contribution is -2.07. The molecule has 1 aromatic carbocycles. The molecule has 0 heterocycles. The Morgan fingerprint density at radius 1 is 1.24 bits per heavy atom. The van der Waals surface area contributed by atoms with Gasteiger partial charge in [-0.15, -0.1) is 0 Å². The predicted octanol–water partition coefficient (Wildman–Crippen LogP) is 4.51. The number of carbonyl (C=O) groups excluding carboxylic acids is 1. The van der Waals surface area contributed by atoms with E-state index in [1.807, 2.05) is 12.1 Å².